The number of carbonyl (C=O) groups is 1. The predicted octanol–water partition coefficient (Wildman–Crippen LogP) is 4.38. The maximum atomic E-state index is 12.6. The molecule has 0 aromatic heterocycles. The Balaban J connectivity index is 1.85. The average Bonchev–Trinajstić information content (AvgIpc) is 3.01. The van der Waals surface area contributed by atoms with Crippen molar-refractivity contribution in [1.82, 2.24) is 10.2 Å². The highest BCUT2D eigenvalue weighted by atomic mass is 79.9. The summed E-state index contributed by atoms with van der Waals surface area (Å²) in [6.07, 6.45) is 2.55. The second-order valence-electron chi connectivity index (χ2n) is 6.53. The molecule has 8 heteroatoms. The van der Waals surface area contributed by atoms with Crippen LogP contribution >= 0.6 is 28.1 Å². The van der Waals surface area contributed by atoms with Gasteiger partial charge in [-0.2, -0.15) is 5.26 Å². The Morgan fingerprint density at radius 3 is 2.77 bits per heavy atom. The number of thiocarbonyl (C=S) groups is 1. The second-order valence-corrected chi connectivity index (χ2v) is 7.77. The molecule has 1 saturated heterocycles. The Hall–Kier alpha value is -2.89. The number of methoxy groups -OCH3 is 1. The lowest BCUT2D eigenvalue weighted by molar-refractivity contribution is -0.122. The Kier molecular flexibility index (Phi) is 7.08. The monoisotopic (exact) mass is 485 g/mol. The number of carbonyl (C=O) groups excluding carboxylic acids is 1. The number of hydrogen-bond acceptors (Lipinski definition) is 5. The fourth-order valence-corrected chi connectivity index (χ4v) is 3.72. The summed E-state index contributed by atoms with van der Waals surface area (Å²) in [7, 11) is 1.55. The van der Waals surface area contributed by atoms with Gasteiger partial charge in [-0.05, 0) is 48.5 Å². The van der Waals surface area contributed by atoms with Gasteiger partial charge in [0.15, 0.2) is 16.6 Å². The minimum Gasteiger partial charge on any atom is -0.493 e. The fourth-order valence-electron chi connectivity index (χ4n) is 3.00. The van der Waals surface area contributed by atoms with E-state index in [1.54, 1.807) is 36.3 Å². The van der Waals surface area contributed by atoms with E-state index in [1.807, 2.05) is 25.1 Å². The first-order chi connectivity index (χ1) is 14.5. The molecule has 0 spiro atoms. The molecule has 1 amide bonds. The minimum absolute atomic E-state index is 0.152. The van der Waals surface area contributed by atoms with Gasteiger partial charge in [-0.3, -0.25) is 9.69 Å². The summed E-state index contributed by atoms with van der Waals surface area (Å²) < 4.78 is 12.1. The van der Waals surface area contributed by atoms with Crippen molar-refractivity contribution in [3.63, 3.8) is 0 Å². The average molecular weight is 486 g/mol. The molecule has 0 bridgehead atoms. The normalized spacial score (nSPS) is 14.6. The number of ether oxygens (including phenoxy) is 2. The summed E-state index contributed by atoms with van der Waals surface area (Å²) in [4.78, 5) is 14.1. The lowest BCUT2D eigenvalue weighted by atomic mass is 10.1. The molecule has 30 heavy (non-hydrogen) atoms. The van der Waals surface area contributed by atoms with Crippen LogP contribution in [-0.2, 0) is 11.4 Å². The van der Waals surface area contributed by atoms with Gasteiger partial charge in [-0.25, -0.2) is 0 Å². The third-order valence-corrected chi connectivity index (χ3v) is 5.52. The Bertz CT molecular complexity index is 1060. The van der Waals surface area contributed by atoms with Gasteiger partial charge in [0.1, 0.15) is 12.3 Å². The van der Waals surface area contributed by atoms with Crippen LogP contribution in [0.25, 0.3) is 6.08 Å². The molecule has 1 aliphatic rings. The quantitative estimate of drug-likeness (QED) is 0.463. The van der Waals surface area contributed by atoms with Crippen molar-refractivity contribution in [3.05, 3.63) is 63.3 Å². The van der Waals surface area contributed by atoms with Crippen molar-refractivity contribution in [3.8, 4) is 17.6 Å². The van der Waals surface area contributed by atoms with Crippen molar-refractivity contribution < 1.29 is 14.3 Å². The van der Waals surface area contributed by atoms with Gasteiger partial charge in [0, 0.05) is 16.6 Å². The fraction of sp³-hybridized carbons (Fsp3) is 0.227. The standard InChI is InChI=1S/C22H20BrN3O3S/c1-3-8-26-21(27)18(25-22(26)30)9-16-10-19(28-2)20(11-17(16)23)29-13-15-7-5-4-6-14(15)12-24/h4-7,9-11H,3,8,13H2,1-2H3,(H,25,30)/b18-9-. The SMILES string of the molecule is CCCN1C(=O)/C(=C/c2cc(OC)c(OCc3ccccc3C#N)cc2Br)NC1=S. The first-order valence-corrected chi connectivity index (χ1v) is 10.5. The third-order valence-electron chi connectivity index (χ3n) is 4.51. The van der Waals surface area contributed by atoms with E-state index >= 15 is 0 Å². The zero-order valence-corrected chi connectivity index (χ0v) is 19.0. The van der Waals surface area contributed by atoms with Crippen LogP contribution in [0, 0.1) is 11.3 Å². The number of rotatable bonds is 7. The Morgan fingerprint density at radius 1 is 1.30 bits per heavy atom. The first-order valence-electron chi connectivity index (χ1n) is 9.31. The molecule has 0 aliphatic carbocycles. The second kappa shape index (κ2) is 9.74. The molecule has 1 aliphatic heterocycles. The van der Waals surface area contributed by atoms with Crippen LogP contribution in [0.4, 0.5) is 0 Å². The molecule has 154 valence electrons. The molecule has 1 heterocycles. The van der Waals surface area contributed by atoms with Crippen LogP contribution in [-0.4, -0.2) is 29.6 Å². The Labute approximate surface area is 189 Å². The maximum absolute atomic E-state index is 12.6. The summed E-state index contributed by atoms with van der Waals surface area (Å²) in [5, 5.41) is 12.6. The molecule has 0 saturated carbocycles. The molecule has 0 atom stereocenters. The van der Waals surface area contributed by atoms with Gasteiger partial charge < -0.3 is 14.8 Å². The van der Waals surface area contributed by atoms with Gasteiger partial charge in [0.2, 0.25) is 0 Å². The van der Waals surface area contributed by atoms with Gasteiger partial charge in [-0.1, -0.05) is 41.1 Å². The van der Waals surface area contributed by atoms with E-state index in [-0.39, 0.29) is 12.5 Å². The van der Waals surface area contributed by atoms with Crippen LogP contribution in [0.5, 0.6) is 11.5 Å². The summed E-state index contributed by atoms with van der Waals surface area (Å²) in [6.45, 7) is 2.80. The number of benzene rings is 2. The van der Waals surface area contributed by atoms with Crippen molar-refractivity contribution in [2.24, 2.45) is 0 Å². The van der Waals surface area contributed by atoms with E-state index in [1.165, 1.54) is 0 Å². The molecule has 6 nitrogen and oxygen atoms in total. The lowest BCUT2D eigenvalue weighted by Gasteiger charge is -2.14. The zero-order valence-electron chi connectivity index (χ0n) is 16.6. The lowest BCUT2D eigenvalue weighted by Crippen LogP contribution is -2.31. The van der Waals surface area contributed by atoms with Crippen LogP contribution in [0.1, 0.15) is 30.0 Å². The molecule has 1 fully saturated rings. The molecule has 0 radical (unpaired) electrons. The smallest absolute Gasteiger partial charge is 0.276 e. The molecule has 0 unspecified atom stereocenters. The molecule has 1 N–H and O–H groups in total. The third kappa shape index (κ3) is 4.64. The van der Waals surface area contributed by atoms with Crippen LogP contribution in [0.2, 0.25) is 0 Å². The van der Waals surface area contributed by atoms with E-state index in [4.69, 9.17) is 21.7 Å². The molecule has 2 aromatic carbocycles. The van der Waals surface area contributed by atoms with E-state index < -0.39 is 0 Å². The Morgan fingerprint density at radius 2 is 2.07 bits per heavy atom. The van der Waals surface area contributed by atoms with E-state index in [2.05, 4.69) is 27.3 Å². The van der Waals surface area contributed by atoms with Crippen LogP contribution in [0.3, 0.4) is 0 Å². The largest absolute Gasteiger partial charge is 0.493 e. The molecular weight excluding hydrogens is 466 g/mol. The van der Waals surface area contributed by atoms with Crippen molar-refractivity contribution in [2.75, 3.05) is 13.7 Å². The zero-order chi connectivity index (χ0) is 21.7. The van der Waals surface area contributed by atoms with Crippen molar-refractivity contribution >= 4 is 45.2 Å². The number of nitrogens with one attached hydrogen (secondary N) is 1. The van der Waals surface area contributed by atoms with E-state index in [0.29, 0.717) is 34.4 Å². The minimum atomic E-state index is -0.152. The van der Waals surface area contributed by atoms with Gasteiger partial charge >= 0.3 is 0 Å². The highest BCUT2D eigenvalue weighted by molar-refractivity contribution is 9.10. The van der Waals surface area contributed by atoms with Gasteiger partial charge in [-0.15, -0.1) is 0 Å². The van der Waals surface area contributed by atoms with Gasteiger partial charge in [0.25, 0.3) is 5.91 Å². The molecule has 3 rings (SSSR count). The molecular formula is C22H20BrN3O3S. The van der Waals surface area contributed by atoms with Crippen molar-refractivity contribution in [2.45, 2.75) is 20.0 Å². The van der Waals surface area contributed by atoms with Crippen LogP contribution < -0.4 is 14.8 Å². The number of nitrogens with zero attached hydrogens (tertiary/aromatic N) is 2. The highest BCUT2D eigenvalue weighted by Gasteiger charge is 2.30. The first kappa shape index (κ1) is 21.8. The summed E-state index contributed by atoms with van der Waals surface area (Å²) in [6, 6.07) is 13.0. The molecule has 2 aromatic rings. The number of halogens is 1. The summed E-state index contributed by atoms with van der Waals surface area (Å²) in [5.74, 6) is 0.882. The summed E-state index contributed by atoms with van der Waals surface area (Å²) in [5.41, 5.74) is 2.51. The topological polar surface area (TPSA) is 74.6 Å². The highest BCUT2D eigenvalue weighted by Crippen LogP contribution is 2.35. The van der Waals surface area contributed by atoms with Crippen LogP contribution in [0.15, 0.2) is 46.6 Å². The number of hydrogen-bond donors (Lipinski definition) is 1. The van der Waals surface area contributed by atoms with Crippen molar-refractivity contribution in [1.29, 1.82) is 5.26 Å². The maximum Gasteiger partial charge on any atom is 0.276 e. The number of nitriles is 1. The number of amides is 1. The summed E-state index contributed by atoms with van der Waals surface area (Å²) >= 11 is 8.79. The van der Waals surface area contributed by atoms with Gasteiger partial charge in [0.05, 0.1) is 18.7 Å². The van der Waals surface area contributed by atoms with E-state index in [9.17, 15) is 10.1 Å². The van der Waals surface area contributed by atoms with E-state index in [0.717, 1.165) is 22.0 Å². The predicted molar refractivity (Wildman–Crippen MR) is 122 cm³/mol.